The Balaban J connectivity index is 1.58. The summed E-state index contributed by atoms with van der Waals surface area (Å²) in [5.74, 6) is 0.256. The highest BCUT2D eigenvalue weighted by atomic mass is 32.2. The fraction of sp³-hybridized carbons (Fsp3) is 0.765. The normalized spacial score (nSPS) is 21.8. The van der Waals surface area contributed by atoms with E-state index in [1.54, 1.807) is 8.99 Å². The average molecular weight is 385 g/mol. The number of aldehydes is 1. The number of ether oxygens (including phenoxy) is 1. The molecule has 0 spiro atoms. The van der Waals surface area contributed by atoms with Gasteiger partial charge in [-0.2, -0.15) is 22.1 Å². The second-order valence-corrected chi connectivity index (χ2v) is 9.67. The minimum atomic E-state index is -3.39. The van der Waals surface area contributed by atoms with E-state index >= 15 is 0 Å². The molecule has 1 aromatic rings. The molecule has 0 atom stereocenters. The molecule has 1 aromatic heterocycles. The minimum absolute atomic E-state index is 0.256. The molecule has 2 aliphatic heterocycles. The highest BCUT2D eigenvalue weighted by Crippen LogP contribution is 2.29. The lowest BCUT2D eigenvalue weighted by Gasteiger charge is -2.35. The SMILES string of the molecule is CC(C)(C=O)Cn1ccc(C2CCN(S(=O)(=O)N3CCOCC3)CC2)n1. The smallest absolute Gasteiger partial charge is 0.282 e. The maximum atomic E-state index is 12.7. The number of carbonyl (C=O) groups is 1. The molecule has 2 fully saturated rings. The van der Waals surface area contributed by atoms with Crippen molar-refractivity contribution >= 4 is 16.5 Å². The molecule has 3 rings (SSSR count). The van der Waals surface area contributed by atoms with Crippen LogP contribution in [0.1, 0.15) is 38.3 Å². The molecule has 0 radical (unpaired) electrons. The lowest BCUT2D eigenvalue weighted by Crippen LogP contribution is -2.50. The predicted molar refractivity (Wildman–Crippen MR) is 96.9 cm³/mol. The molecular formula is C17H28N4O4S. The largest absolute Gasteiger partial charge is 0.379 e. The second kappa shape index (κ2) is 7.75. The van der Waals surface area contributed by atoms with Crippen LogP contribution < -0.4 is 0 Å². The van der Waals surface area contributed by atoms with Gasteiger partial charge in [-0.05, 0) is 18.9 Å². The third-order valence-electron chi connectivity index (χ3n) is 5.04. The molecule has 3 heterocycles. The van der Waals surface area contributed by atoms with Gasteiger partial charge in [0.05, 0.1) is 25.5 Å². The number of morpholine rings is 1. The van der Waals surface area contributed by atoms with Crippen LogP contribution in [0.2, 0.25) is 0 Å². The molecular weight excluding hydrogens is 356 g/mol. The zero-order chi connectivity index (χ0) is 18.8. The van der Waals surface area contributed by atoms with E-state index in [0.29, 0.717) is 45.9 Å². The van der Waals surface area contributed by atoms with E-state index in [-0.39, 0.29) is 5.92 Å². The average Bonchev–Trinajstić information content (AvgIpc) is 3.10. The fourth-order valence-electron chi connectivity index (χ4n) is 3.46. The molecule has 2 aliphatic rings. The van der Waals surface area contributed by atoms with Gasteiger partial charge in [0.2, 0.25) is 0 Å². The summed E-state index contributed by atoms with van der Waals surface area (Å²) >= 11 is 0. The Morgan fingerprint density at radius 1 is 1.19 bits per heavy atom. The van der Waals surface area contributed by atoms with Crippen LogP contribution in [0.15, 0.2) is 12.3 Å². The number of hydrogen-bond donors (Lipinski definition) is 0. The summed E-state index contributed by atoms with van der Waals surface area (Å²) in [5, 5.41) is 4.61. The van der Waals surface area contributed by atoms with Crippen LogP contribution in [0.25, 0.3) is 0 Å². The van der Waals surface area contributed by atoms with E-state index in [9.17, 15) is 13.2 Å². The molecule has 8 nitrogen and oxygen atoms in total. The van der Waals surface area contributed by atoms with Crippen LogP contribution in [0.4, 0.5) is 0 Å². The first-order valence-corrected chi connectivity index (χ1v) is 10.5. The molecule has 0 aliphatic carbocycles. The monoisotopic (exact) mass is 384 g/mol. The standard InChI is InChI=1S/C17H28N4O4S/c1-17(2,14-22)13-19-6-5-16(18-19)15-3-7-20(8-4-15)26(23,24)21-9-11-25-12-10-21/h5-6,14-15H,3-4,7-13H2,1-2H3. The van der Waals surface area contributed by atoms with Crippen LogP contribution in [0.3, 0.4) is 0 Å². The maximum absolute atomic E-state index is 12.7. The summed E-state index contributed by atoms with van der Waals surface area (Å²) in [6.45, 7) is 7.12. The molecule has 0 bridgehead atoms. The van der Waals surface area contributed by atoms with Crippen molar-refractivity contribution in [3.8, 4) is 0 Å². The summed E-state index contributed by atoms with van der Waals surface area (Å²) in [6, 6.07) is 1.98. The third kappa shape index (κ3) is 4.33. The highest BCUT2D eigenvalue weighted by Gasteiger charge is 2.34. The summed E-state index contributed by atoms with van der Waals surface area (Å²) < 4.78 is 35.6. The summed E-state index contributed by atoms with van der Waals surface area (Å²) in [5.41, 5.74) is 0.536. The van der Waals surface area contributed by atoms with Crippen molar-refractivity contribution in [1.29, 1.82) is 0 Å². The molecule has 0 amide bonds. The topological polar surface area (TPSA) is 84.7 Å². The third-order valence-corrected chi connectivity index (χ3v) is 7.08. The zero-order valence-corrected chi connectivity index (χ0v) is 16.3. The van der Waals surface area contributed by atoms with Crippen LogP contribution in [-0.2, 0) is 26.3 Å². The molecule has 0 aromatic carbocycles. The van der Waals surface area contributed by atoms with Gasteiger partial charge in [0.25, 0.3) is 10.2 Å². The van der Waals surface area contributed by atoms with Gasteiger partial charge in [-0.3, -0.25) is 4.68 Å². The number of nitrogens with zero attached hydrogens (tertiary/aromatic N) is 4. The molecule has 0 unspecified atom stereocenters. The number of aromatic nitrogens is 2. The summed E-state index contributed by atoms with van der Waals surface area (Å²) in [4.78, 5) is 11.1. The van der Waals surface area contributed by atoms with Gasteiger partial charge in [0.1, 0.15) is 6.29 Å². The van der Waals surface area contributed by atoms with Crippen molar-refractivity contribution in [2.75, 3.05) is 39.4 Å². The number of carbonyl (C=O) groups excluding carboxylic acids is 1. The van der Waals surface area contributed by atoms with Gasteiger partial charge in [0, 0.05) is 43.7 Å². The van der Waals surface area contributed by atoms with Gasteiger partial charge in [-0.1, -0.05) is 13.8 Å². The van der Waals surface area contributed by atoms with Crippen molar-refractivity contribution in [2.45, 2.75) is 39.2 Å². The molecule has 0 N–H and O–H groups in total. The van der Waals surface area contributed by atoms with Crippen LogP contribution in [0, 0.1) is 5.41 Å². The Kier molecular flexibility index (Phi) is 5.81. The Hall–Kier alpha value is -1.29. The van der Waals surface area contributed by atoms with Crippen molar-refractivity contribution < 1.29 is 17.9 Å². The summed E-state index contributed by atoms with van der Waals surface area (Å²) in [6.07, 6.45) is 4.37. The van der Waals surface area contributed by atoms with Gasteiger partial charge >= 0.3 is 0 Å². The number of rotatable bonds is 6. The Bertz CT molecular complexity index is 717. The maximum Gasteiger partial charge on any atom is 0.282 e. The first kappa shape index (κ1) is 19.5. The van der Waals surface area contributed by atoms with E-state index in [2.05, 4.69) is 5.10 Å². The van der Waals surface area contributed by atoms with Crippen molar-refractivity contribution in [2.24, 2.45) is 5.41 Å². The highest BCUT2D eigenvalue weighted by molar-refractivity contribution is 7.86. The van der Waals surface area contributed by atoms with Gasteiger partial charge in [-0.25, -0.2) is 0 Å². The first-order chi connectivity index (χ1) is 12.3. The Morgan fingerprint density at radius 2 is 1.81 bits per heavy atom. The minimum Gasteiger partial charge on any atom is -0.379 e. The fourth-order valence-corrected chi connectivity index (χ4v) is 5.07. The van der Waals surface area contributed by atoms with Crippen molar-refractivity contribution in [3.05, 3.63) is 18.0 Å². The van der Waals surface area contributed by atoms with Crippen LogP contribution >= 0.6 is 0 Å². The second-order valence-electron chi connectivity index (χ2n) is 7.74. The van der Waals surface area contributed by atoms with Crippen molar-refractivity contribution in [1.82, 2.24) is 18.4 Å². The van der Waals surface area contributed by atoms with Gasteiger partial charge < -0.3 is 9.53 Å². The van der Waals surface area contributed by atoms with Crippen molar-refractivity contribution in [3.63, 3.8) is 0 Å². The lowest BCUT2D eigenvalue weighted by molar-refractivity contribution is -0.115. The van der Waals surface area contributed by atoms with Gasteiger partial charge in [0.15, 0.2) is 0 Å². The zero-order valence-electron chi connectivity index (χ0n) is 15.5. The first-order valence-electron chi connectivity index (χ1n) is 9.14. The van der Waals surface area contributed by atoms with E-state index in [0.717, 1.165) is 24.8 Å². The van der Waals surface area contributed by atoms with Crippen LogP contribution in [-0.4, -0.2) is 72.5 Å². The van der Waals surface area contributed by atoms with E-state index in [4.69, 9.17) is 4.74 Å². The molecule has 146 valence electrons. The quantitative estimate of drug-likeness (QED) is 0.680. The molecule has 2 saturated heterocycles. The Morgan fingerprint density at radius 3 is 2.42 bits per heavy atom. The molecule has 0 saturated carbocycles. The Labute approximate surface area is 155 Å². The number of piperidine rings is 1. The molecule has 26 heavy (non-hydrogen) atoms. The molecule has 9 heteroatoms. The summed E-state index contributed by atoms with van der Waals surface area (Å²) in [7, 11) is -3.39. The van der Waals surface area contributed by atoms with Crippen LogP contribution in [0.5, 0.6) is 0 Å². The van der Waals surface area contributed by atoms with Gasteiger partial charge in [-0.15, -0.1) is 0 Å². The lowest BCUT2D eigenvalue weighted by atomic mass is 9.95. The number of hydrogen-bond acceptors (Lipinski definition) is 5. The van der Waals surface area contributed by atoms with E-state index in [1.807, 2.05) is 26.1 Å². The van der Waals surface area contributed by atoms with E-state index < -0.39 is 15.6 Å². The predicted octanol–water partition coefficient (Wildman–Crippen LogP) is 0.865. The van der Waals surface area contributed by atoms with E-state index in [1.165, 1.54) is 4.31 Å².